The number of nitrogens with one attached hydrogen (secondary N) is 2. The molecule has 0 atom stereocenters. The molecule has 27 heavy (non-hydrogen) atoms. The van der Waals surface area contributed by atoms with Crippen molar-refractivity contribution in [3.63, 3.8) is 0 Å². The number of hydrogen-bond acceptors (Lipinski definition) is 6. The Morgan fingerprint density at radius 2 is 1.81 bits per heavy atom. The minimum absolute atomic E-state index is 0.103. The van der Waals surface area contributed by atoms with Gasteiger partial charge in [-0.25, -0.2) is 0 Å². The van der Waals surface area contributed by atoms with Crippen LogP contribution in [0, 0.1) is 0 Å². The lowest BCUT2D eigenvalue weighted by atomic mass is 10.2. The number of anilines is 1. The highest BCUT2D eigenvalue weighted by Gasteiger charge is 2.06. The van der Waals surface area contributed by atoms with E-state index in [0.29, 0.717) is 18.6 Å². The maximum atomic E-state index is 11.9. The molecular formula is C20H23N3O4. The zero-order chi connectivity index (χ0) is 18.9. The first-order chi connectivity index (χ1) is 13.2. The molecule has 7 heteroatoms. The second kappa shape index (κ2) is 9.47. The van der Waals surface area contributed by atoms with Crippen LogP contribution in [0.2, 0.25) is 0 Å². The Balaban J connectivity index is 1.27. The summed E-state index contributed by atoms with van der Waals surface area (Å²) in [5.41, 5.74) is 6.72. The summed E-state index contributed by atoms with van der Waals surface area (Å²) in [5, 5.41) is 0. The number of amides is 1. The van der Waals surface area contributed by atoms with Gasteiger partial charge in [-0.3, -0.25) is 15.6 Å². The van der Waals surface area contributed by atoms with E-state index in [1.807, 2.05) is 48.5 Å². The van der Waals surface area contributed by atoms with E-state index < -0.39 is 0 Å². The Kier molecular flexibility index (Phi) is 6.51. The number of carbonyl (C=O) groups is 1. The van der Waals surface area contributed by atoms with Gasteiger partial charge in [0.25, 0.3) is 0 Å². The highest BCUT2D eigenvalue weighted by atomic mass is 16.5. The van der Waals surface area contributed by atoms with Crippen molar-refractivity contribution in [2.24, 2.45) is 0 Å². The van der Waals surface area contributed by atoms with E-state index in [4.69, 9.17) is 13.9 Å². The number of methoxy groups -OCH3 is 1. The molecule has 0 radical (unpaired) electrons. The topological polar surface area (TPSA) is 85.6 Å². The summed E-state index contributed by atoms with van der Waals surface area (Å²) < 4.78 is 16.2. The lowest BCUT2D eigenvalue weighted by Gasteiger charge is -2.07. The number of hydrazine groups is 1. The van der Waals surface area contributed by atoms with E-state index in [9.17, 15) is 4.79 Å². The van der Waals surface area contributed by atoms with E-state index in [-0.39, 0.29) is 11.9 Å². The first-order valence-corrected chi connectivity index (χ1v) is 8.92. The largest absolute Gasteiger partial charge is 0.497 e. The van der Waals surface area contributed by atoms with Gasteiger partial charge in [-0.2, -0.15) is 4.98 Å². The SMILES string of the molecule is COc1ccc(OCCCCCC(=O)NNc2nc3ccccc3o2)cc1. The Bertz CT molecular complexity index is 828. The molecule has 1 amide bonds. The van der Waals surface area contributed by atoms with E-state index in [1.165, 1.54) is 0 Å². The summed E-state index contributed by atoms with van der Waals surface area (Å²) in [6, 6.07) is 15.2. The minimum Gasteiger partial charge on any atom is -0.497 e. The van der Waals surface area contributed by atoms with Crippen LogP contribution in [-0.2, 0) is 4.79 Å². The smallest absolute Gasteiger partial charge is 0.315 e. The first-order valence-electron chi connectivity index (χ1n) is 8.92. The standard InChI is InChI=1S/C20H23N3O4/c1-25-15-10-12-16(13-11-15)26-14-6-2-3-9-19(24)22-23-20-21-17-7-4-5-8-18(17)27-20/h4-5,7-8,10-13H,2-3,6,9,14H2,1H3,(H,21,23)(H,22,24). The van der Waals surface area contributed by atoms with Gasteiger partial charge >= 0.3 is 6.01 Å². The molecule has 0 aliphatic rings. The molecule has 7 nitrogen and oxygen atoms in total. The average molecular weight is 369 g/mol. The fraction of sp³-hybridized carbons (Fsp3) is 0.300. The molecule has 1 heterocycles. The van der Waals surface area contributed by atoms with Crippen molar-refractivity contribution in [1.29, 1.82) is 0 Å². The monoisotopic (exact) mass is 369 g/mol. The number of hydrogen-bond donors (Lipinski definition) is 2. The Morgan fingerprint density at radius 3 is 2.59 bits per heavy atom. The van der Waals surface area contributed by atoms with Gasteiger partial charge < -0.3 is 13.9 Å². The van der Waals surface area contributed by atoms with Crippen molar-refractivity contribution in [2.75, 3.05) is 19.1 Å². The summed E-state index contributed by atoms with van der Waals surface area (Å²) in [7, 11) is 1.63. The van der Waals surface area contributed by atoms with Gasteiger partial charge in [0, 0.05) is 6.42 Å². The van der Waals surface area contributed by atoms with Gasteiger partial charge in [-0.1, -0.05) is 12.1 Å². The second-order valence-corrected chi connectivity index (χ2v) is 5.99. The van der Waals surface area contributed by atoms with Crippen molar-refractivity contribution < 1.29 is 18.7 Å². The molecular weight excluding hydrogens is 346 g/mol. The summed E-state index contributed by atoms with van der Waals surface area (Å²) in [6.45, 7) is 0.620. The summed E-state index contributed by atoms with van der Waals surface area (Å²) >= 11 is 0. The van der Waals surface area contributed by atoms with Gasteiger partial charge in [0.15, 0.2) is 5.58 Å². The maximum absolute atomic E-state index is 11.9. The van der Waals surface area contributed by atoms with Crippen molar-refractivity contribution >= 4 is 23.0 Å². The molecule has 0 spiro atoms. The average Bonchev–Trinajstić information content (AvgIpc) is 3.12. The van der Waals surface area contributed by atoms with Crippen LogP contribution >= 0.6 is 0 Å². The van der Waals surface area contributed by atoms with Crippen LogP contribution in [0.15, 0.2) is 52.9 Å². The van der Waals surface area contributed by atoms with Crippen molar-refractivity contribution in [3.05, 3.63) is 48.5 Å². The first kappa shape index (κ1) is 18.6. The molecule has 0 bridgehead atoms. The Labute approximate surface area is 157 Å². The van der Waals surface area contributed by atoms with Gasteiger partial charge in [-0.05, 0) is 55.7 Å². The number of aromatic nitrogens is 1. The predicted molar refractivity (Wildman–Crippen MR) is 103 cm³/mol. The van der Waals surface area contributed by atoms with Gasteiger partial charge in [-0.15, -0.1) is 0 Å². The minimum atomic E-state index is -0.103. The third-order valence-corrected chi connectivity index (χ3v) is 3.98. The number of ether oxygens (including phenoxy) is 2. The zero-order valence-corrected chi connectivity index (χ0v) is 15.2. The summed E-state index contributed by atoms with van der Waals surface area (Å²) in [6.07, 6.45) is 3.01. The number of para-hydroxylation sites is 2. The second-order valence-electron chi connectivity index (χ2n) is 5.99. The molecule has 0 aliphatic carbocycles. The molecule has 142 valence electrons. The maximum Gasteiger partial charge on any atom is 0.315 e. The number of fused-ring (bicyclic) bond motifs is 1. The number of unbranched alkanes of at least 4 members (excludes halogenated alkanes) is 2. The van der Waals surface area contributed by atoms with E-state index in [1.54, 1.807) is 7.11 Å². The number of benzene rings is 2. The van der Waals surface area contributed by atoms with E-state index in [0.717, 1.165) is 36.3 Å². The number of oxazole rings is 1. The number of nitrogens with zero attached hydrogens (tertiary/aromatic N) is 1. The fourth-order valence-corrected chi connectivity index (χ4v) is 2.54. The molecule has 3 rings (SSSR count). The van der Waals surface area contributed by atoms with Crippen molar-refractivity contribution in [1.82, 2.24) is 10.4 Å². The van der Waals surface area contributed by atoms with Crippen LogP contribution in [0.5, 0.6) is 11.5 Å². The van der Waals surface area contributed by atoms with Crippen molar-refractivity contribution in [3.8, 4) is 11.5 Å². The molecule has 1 aromatic heterocycles. The molecule has 2 N–H and O–H groups in total. The lowest BCUT2D eigenvalue weighted by molar-refractivity contribution is -0.120. The van der Waals surface area contributed by atoms with Crippen LogP contribution in [0.4, 0.5) is 6.01 Å². The Morgan fingerprint density at radius 1 is 1.04 bits per heavy atom. The third kappa shape index (κ3) is 5.64. The molecule has 0 unspecified atom stereocenters. The molecule has 0 saturated carbocycles. The number of rotatable bonds is 10. The normalized spacial score (nSPS) is 10.6. The quantitative estimate of drug-likeness (QED) is 0.416. The van der Waals surface area contributed by atoms with Crippen molar-refractivity contribution in [2.45, 2.75) is 25.7 Å². The lowest BCUT2D eigenvalue weighted by Crippen LogP contribution is -2.29. The van der Waals surface area contributed by atoms with E-state index in [2.05, 4.69) is 15.8 Å². The number of carbonyl (C=O) groups excluding carboxylic acids is 1. The highest BCUT2D eigenvalue weighted by Crippen LogP contribution is 2.18. The molecule has 0 aliphatic heterocycles. The molecule has 0 saturated heterocycles. The Hall–Kier alpha value is -3.22. The predicted octanol–water partition coefficient (Wildman–Crippen LogP) is 3.92. The van der Waals surface area contributed by atoms with Crippen LogP contribution in [-0.4, -0.2) is 24.6 Å². The third-order valence-electron chi connectivity index (χ3n) is 3.98. The van der Waals surface area contributed by atoms with Gasteiger partial charge in [0.2, 0.25) is 5.91 Å². The van der Waals surface area contributed by atoms with Gasteiger partial charge in [0.05, 0.1) is 13.7 Å². The molecule has 3 aromatic rings. The summed E-state index contributed by atoms with van der Waals surface area (Å²) in [4.78, 5) is 16.1. The van der Waals surface area contributed by atoms with Crippen LogP contribution < -0.4 is 20.3 Å². The molecule has 2 aromatic carbocycles. The van der Waals surface area contributed by atoms with Crippen LogP contribution in [0.25, 0.3) is 11.1 Å². The fourth-order valence-electron chi connectivity index (χ4n) is 2.54. The van der Waals surface area contributed by atoms with E-state index >= 15 is 0 Å². The zero-order valence-electron chi connectivity index (χ0n) is 15.2. The van der Waals surface area contributed by atoms with Crippen LogP contribution in [0.3, 0.4) is 0 Å². The molecule has 0 fully saturated rings. The van der Waals surface area contributed by atoms with Crippen LogP contribution in [0.1, 0.15) is 25.7 Å². The van der Waals surface area contributed by atoms with Gasteiger partial charge in [0.1, 0.15) is 17.0 Å². The summed E-state index contributed by atoms with van der Waals surface area (Å²) in [5.74, 6) is 1.52. The highest BCUT2D eigenvalue weighted by molar-refractivity contribution is 5.78.